The summed E-state index contributed by atoms with van der Waals surface area (Å²) in [5, 5.41) is 0. The van der Waals surface area contributed by atoms with Crippen LogP contribution in [-0.2, 0) is 14.2 Å². The van der Waals surface area contributed by atoms with Crippen LogP contribution >= 0.6 is 0 Å². The molecule has 4 nitrogen and oxygen atoms in total. The van der Waals surface area contributed by atoms with E-state index in [0.29, 0.717) is 12.2 Å². The Morgan fingerprint density at radius 1 is 0.906 bits per heavy atom. The van der Waals surface area contributed by atoms with Crippen LogP contribution in [0.5, 0.6) is 0 Å². The summed E-state index contributed by atoms with van der Waals surface area (Å²) in [4.78, 5) is 12.3. The summed E-state index contributed by atoms with van der Waals surface area (Å²) in [5.74, 6) is -0.279. The molecule has 0 radical (unpaired) electrons. The summed E-state index contributed by atoms with van der Waals surface area (Å²) in [7, 11) is 0. The second-order valence-corrected chi connectivity index (χ2v) is 9.20. The van der Waals surface area contributed by atoms with Crippen LogP contribution in [0.2, 0.25) is 0 Å². The Kier molecular flexibility index (Phi) is 15.2. The lowest BCUT2D eigenvalue weighted by atomic mass is 10.0. The minimum Gasteiger partial charge on any atom is -0.459 e. The molecule has 0 amide bonds. The summed E-state index contributed by atoms with van der Waals surface area (Å²) in [6, 6.07) is 9.18. The number of carbonyl (C=O) groups is 1. The Labute approximate surface area is 196 Å². The van der Waals surface area contributed by atoms with Gasteiger partial charge in [0.1, 0.15) is 6.61 Å². The van der Waals surface area contributed by atoms with Gasteiger partial charge in [-0.25, -0.2) is 4.79 Å². The van der Waals surface area contributed by atoms with E-state index < -0.39 is 0 Å². The van der Waals surface area contributed by atoms with E-state index in [-0.39, 0.29) is 18.4 Å². The summed E-state index contributed by atoms with van der Waals surface area (Å²) in [6.45, 7) is 3.33. The van der Waals surface area contributed by atoms with Gasteiger partial charge in [-0.2, -0.15) is 0 Å². The summed E-state index contributed by atoms with van der Waals surface area (Å²) in [5.41, 5.74) is 0.588. The van der Waals surface area contributed by atoms with Gasteiger partial charge in [0.15, 0.2) is 6.29 Å². The average molecular weight is 447 g/mol. The third-order valence-corrected chi connectivity index (χ3v) is 6.27. The SMILES string of the molecule is CCCCCCCCCCCCCCC(COC(=O)c1ccccc1)OC1CCCCO1. The lowest BCUT2D eigenvalue weighted by Gasteiger charge is -2.27. The van der Waals surface area contributed by atoms with Crippen LogP contribution in [-0.4, -0.2) is 31.6 Å². The molecule has 1 heterocycles. The lowest BCUT2D eigenvalue weighted by Crippen LogP contribution is -2.31. The van der Waals surface area contributed by atoms with E-state index in [0.717, 1.165) is 38.7 Å². The molecule has 0 aromatic heterocycles. The van der Waals surface area contributed by atoms with Gasteiger partial charge in [-0.1, -0.05) is 102 Å². The maximum Gasteiger partial charge on any atom is 0.338 e. The van der Waals surface area contributed by atoms with Crippen molar-refractivity contribution in [2.75, 3.05) is 13.2 Å². The number of unbranched alkanes of at least 4 members (excludes halogenated alkanes) is 11. The Balaban J connectivity index is 1.59. The molecule has 1 aromatic carbocycles. The Bertz CT molecular complexity index is 568. The second kappa shape index (κ2) is 18.1. The molecule has 2 atom stereocenters. The van der Waals surface area contributed by atoms with Crippen molar-refractivity contribution in [3.63, 3.8) is 0 Å². The Hall–Kier alpha value is -1.39. The number of benzene rings is 1. The third-order valence-electron chi connectivity index (χ3n) is 6.27. The van der Waals surface area contributed by atoms with Crippen molar-refractivity contribution >= 4 is 5.97 Å². The van der Waals surface area contributed by atoms with E-state index in [2.05, 4.69) is 6.92 Å². The van der Waals surface area contributed by atoms with Crippen LogP contribution in [0, 0.1) is 0 Å². The van der Waals surface area contributed by atoms with Gasteiger partial charge in [0.2, 0.25) is 0 Å². The van der Waals surface area contributed by atoms with Crippen molar-refractivity contribution < 1.29 is 19.0 Å². The number of carbonyl (C=O) groups excluding carboxylic acids is 1. The summed E-state index contributed by atoms with van der Waals surface area (Å²) in [6.07, 6.45) is 19.9. The molecule has 1 fully saturated rings. The van der Waals surface area contributed by atoms with Crippen LogP contribution < -0.4 is 0 Å². The zero-order valence-corrected chi connectivity index (χ0v) is 20.4. The molecule has 0 aliphatic carbocycles. The minimum absolute atomic E-state index is 0.0890. The van der Waals surface area contributed by atoms with E-state index in [4.69, 9.17) is 14.2 Å². The van der Waals surface area contributed by atoms with Crippen molar-refractivity contribution in [1.82, 2.24) is 0 Å². The predicted molar refractivity (Wildman–Crippen MR) is 131 cm³/mol. The zero-order valence-electron chi connectivity index (χ0n) is 20.4. The van der Waals surface area contributed by atoms with Crippen LogP contribution in [0.25, 0.3) is 0 Å². The van der Waals surface area contributed by atoms with E-state index in [9.17, 15) is 4.79 Å². The maximum absolute atomic E-state index is 12.3. The van der Waals surface area contributed by atoms with Crippen LogP contribution in [0.15, 0.2) is 30.3 Å². The van der Waals surface area contributed by atoms with Crippen molar-refractivity contribution in [1.29, 1.82) is 0 Å². The van der Waals surface area contributed by atoms with Gasteiger partial charge >= 0.3 is 5.97 Å². The maximum atomic E-state index is 12.3. The molecule has 0 spiro atoms. The quantitative estimate of drug-likeness (QED) is 0.170. The van der Waals surface area contributed by atoms with E-state index in [1.54, 1.807) is 12.1 Å². The number of hydrogen-bond acceptors (Lipinski definition) is 4. The molecule has 2 rings (SSSR count). The highest BCUT2D eigenvalue weighted by Crippen LogP contribution is 2.19. The number of esters is 1. The fourth-order valence-electron chi connectivity index (χ4n) is 4.26. The Morgan fingerprint density at radius 2 is 1.53 bits per heavy atom. The van der Waals surface area contributed by atoms with Crippen LogP contribution in [0.3, 0.4) is 0 Å². The van der Waals surface area contributed by atoms with E-state index >= 15 is 0 Å². The highest BCUT2D eigenvalue weighted by Gasteiger charge is 2.21. The first-order chi connectivity index (χ1) is 15.8. The molecule has 2 unspecified atom stereocenters. The summed E-state index contributed by atoms with van der Waals surface area (Å²) < 4.78 is 17.5. The molecule has 0 saturated carbocycles. The first-order valence-corrected chi connectivity index (χ1v) is 13.3. The van der Waals surface area contributed by atoms with Gasteiger partial charge in [0, 0.05) is 6.61 Å². The molecular formula is C28H46O4. The van der Waals surface area contributed by atoms with Gasteiger partial charge in [-0.15, -0.1) is 0 Å². The fourth-order valence-corrected chi connectivity index (χ4v) is 4.26. The molecule has 4 heteroatoms. The molecule has 0 bridgehead atoms. The fraction of sp³-hybridized carbons (Fsp3) is 0.750. The standard InChI is InChI=1S/C28H46O4/c1-2-3-4-5-6-7-8-9-10-11-12-16-21-26(32-27-22-17-18-23-30-27)24-31-28(29)25-19-14-13-15-20-25/h13-15,19-20,26-27H,2-12,16-18,21-24H2,1H3. The number of hydrogen-bond donors (Lipinski definition) is 0. The van der Waals surface area contributed by atoms with Crippen LogP contribution in [0.1, 0.15) is 120 Å². The van der Waals surface area contributed by atoms with Crippen molar-refractivity contribution in [2.45, 2.75) is 122 Å². The molecule has 1 saturated heterocycles. The first-order valence-electron chi connectivity index (χ1n) is 13.3. The van der Waals surface area contributed by atoms with Gasteiger partial charge < -0.3 is 14.2 Å². The van der Waals surface area contributed by atoms with E-state index in [1.165, 1.54) is 70.6 Å². The van der Waals surface area contributed by atoms with Gasteiger partial charge in [-0.05, 0) is 37.8 Å². The predicted octanol–water partition coefficient (Wildman–Crippen LogP) is 7.85. The zero-order chi connectivity index (χ0) is 22.7. The highest BCUT2D eigenvalue weighted by molar-refractivity contribution is 5.89. The highest BCUT2D eigenvalue weighted by atomic mass is 16.7. The molecule has 1 aliphatic rings. The van der Waals surface area contributed by atoms with Crippen molar-refractivity contribution in [3.8, 4) is 0 Å². The minimum atomic E-state index is -0.279. The normalized spacial score (nSPS) is 17.2. The van der Waals surface area contributed by atoms with Gasteiger partial charge in [0.25, 0.3) is 0 Å². The smallest absolute Gasteiger partial charge is 0.338 e. The monoisotopic (exact) mass is 446 g/mol. The molecule has 1 aliphatic heterocycles. The topological polar surface area (TPSA) is 44.8 Å². The molecule has 182 valence electrons. The molecule has 32 heavy (non-hydrogen) atoms. The van der Waals surface area contributed by atoms with Gasteiger partial charge in [0.05, 0.1) is 11.7 Å². The number of rotatable bonds is 18. The lowest BCUT2D eigenvalue weighted by molar-refractivity contribution is -0.196. The first kappa shape index (κ1) is 26.9. The van der Waals surface area contributed by atoms with Crippen molar-refractivity contribution in [3.05, 3.63) is 35.9 Å². The van der Waals surface area contributed by atoms with E-state index in [1.807, 2.05) is 18.2 Å². The van der Waals surface area contributed by atoms with Crippen LogP contribution in [0.4, 0.5) is 0 Å². The Morgan fingerprint density at radius 3 is 2.12 bits per heavy atom. The van der Waals surface area contributed by atoms with Gasteiger partial charge in [-0.3, -0.25) is 0 Å². The van der Waals surface area contributed by atoms with Crippen molar-refractivity contribution in [2.24, 2.45) is 0 Å². The number of ether oxygens (including phenoxy) is 3. The molecular weight excluding hydrogens is 400 g/mol. The average Bonchev–Trinajstić information content (AvgIpc) is 2.84. The largest absolute Gasteiger partial charge is 0.459 e. The second-order valence-electron chi connectivity index (χ2n) is 9.20. The third kappa shape index (κ3) is 12.6. The molecule has 1 aromatic rings. The summed E-state index contributed by atoms with van der Waals surface area (Å²) >= 11 is 0. The molecule has 0 N–H and O–H groups in total.